The molecule has 0 saturated carbocycles. The van der Waals surface area contributed by atoms with Crippen molar-refractivity contribution in [3.05, 3.63) is 22.7 Å². The molecule has 2 aromatic heterocycles. The third kappa shape index (κ3) is 4.30. The van der Waals surface area contributed by atoms with Gasteiger partial charge in [-0.1, -0.05) is 20.8 Å². The SMILES string of the molecule is CC(C)(C)C(=O)N1CCN(C(=O)CCc2nnc(-c3ccsc3)o2)CC1. The van der Waals surface area contributed by atoms with Gasteiger partial charge in [0.25, 0.3) is 0 Å². The van der Waals surface area contributed by atoms with Gasteiger partial charge in [-0.2, -0.15) is 11.3 Å². The van der Waals surface area contributed by atoms with Gasteiger partial charge in [0.15, 0.2) is 0 Å². The fourth-order valence-corrected chi connectivity index (χ4v) is 3.49. The molecule has 26 heavy (non-hydrogen) atoms. The maximum absolute atomic E-state index is 12.4. The summed E-state index contributed by atoms with van der Waals surface area (Å²) in [5, 5.41) is 11.9. The predicted molar refractivity (Wildman–Crippen MR) is 98.5 cm³/mol. The van der Waals surface area contributed by atoms with E-state index in [9.17, 15) is 9.59 Å². The third-order valence-electron chi connectivity index (χ3n) is 4.35. The zero-order valence-electron chi connectivity index (χ0n) is 15.4. The second kappa shape index (κ2) is 7.57. The van der Waals surface area contributed by atoms with Crippen LogP contribution in [0.5, 0.6) is 0 Å². The lowest BCUT2D eigenvalue weighted by Gasteiger charge is -2.37. The van der Waals surface area contributed by atoms with E-state index in [1.807, 2.05) is 47.4 Å². The Balaban J connectivity index is 1.47. The van der Waals surface area contributed by atoms with Crippen LogP contribution in [0.2, 0.25) is 0 Å². The van der Waals surface area contributed by atoms with E-state index in [2.05, 4.69) is 10.2 Å². The topological polar surface area (TPSA) is 79.5 Å². The number of piperazine rings is 1. The molecule has 0 aromatic carbocycles. The molecule has 0 unspecified atom stereocenters. The van der Waals surface area contributed by atoms with Gasteiger partial charge in [0.05, 0.1) is 0 Å². The maximum Gasteiger partial charge on any atom is 0.248 e. The number of aryl methyl sites for hydroxylation is 1. The second-order valence-electron chi connectivity index (χ2n) is 7.44. The van der Waals surface area contributed by atoms with Crippen LogP contribution in [0.3, 0.4) is 0 Å². The molecular weight excluding hydrogens is 352 g/mol. The van der Waals surface area contributed by atoms with Crippen LogP contribution in [0.4, 0.5) is 0 Å². The minimum Gasteiger partial charge on any atom is -0.421 e. The van der Waals surface area contributed by atoms with Crippen LogP contribution < -0.4 is 0 Å². The Labute approximate surface area is 157 Å². The lowest BCUT2D eigenvalue weighted by molar-refractivity contribution is -0.144. The Kier molecular flexibility index (Phi) is 5.41. The van der Waals surface area contributed by atoms with Gasteiger partial charge in [0, 0.05) is 55.4 Å². The number of carbonyl (C=O) groups is 2. The summed E-state index contributed by atoms with van der Waals surface area (Å²) in [4.78, 5) is 28.4. The minimum absolute atomic E-state index is 0.0585. The van der Waals surface area contributed by atoms with Crippen molar-refractivity contribution >= 4 is 23.2 Å². The van der Waals surface area contributed by atoms with Crippen molar-refractivity contribution in [2.45, 2.75) is 33.6 Å². The van der Waals surface area contributed by atoms with Crippen molar-refractivity contribution < 1.29 is 14.0 Å². The van der Waals surface area contributed by atoms with Crippen LogP contribution in [0.25, 0.3) is 11.5 Å². The normalized spacial score (nSPS) is 15.3. The van der Waals surface area contributed by atoms with Gasteiger partial charge in [0.2, 0.25) is 23.6 Å². The summed E-state index contributed by atoms with van der Waals surface area (Å²) in [5.74, 6) is 1.16. The number of amides is 2. The molecule has 2 aromatic rings. The molecule has 0 atom stereocenters. The fraction of sp³-hybridized carbons (Fsp3) is 0.556. The van der Waals surface area contributed by atoms with Crippen molar-refractivity contribution in [3.63, 3.8) is 0 Å². The molecule has 1 aliphatic rings. The number of aromatic nitrogens is 2. The summed E-state index contributed by atoms with van der Waals surface area (Å²) < 4.78 is 5.61. The molecule has 1 aliphatic heterocycles. The molecule has 3 heterocycles. The van der Waals surface area contributed by atoms with E-state index in [1.54, 1.807) is 11.3 Å². The van der Waals surface area contributed by atoms with Gasteiger partial charge in [-0.3, -0.25) is 9.59 Å². The van der Waals surface area contributed by atoms with Crippen LogP contribution in [0.15, 0.2) is 21.2 Å². The predicted octanol–water partition coefficient (Wildman–Crippen LogP) is 2.45. The Hall–Kier alpha value is -2.22. The van der Waals surface area contributed by atoms with E-state index in [0.717, 1.165) is 5.56 Å². The Bertz CT molecular complexity index is 756. The smallest absolute Gasteiger partial charge is 0.248 e. The van der Waals surface area contributed by atoms with Crippen molar-refractivity contribution in [2.24, 2.45) is 5.41 Å². The highest BCUT2D eigenvalue weighted by Crippen LogP contribution is 2.21. The average molecular weight is 376 g/mol. The number of nitrogens with zero attached hydrogens (tertiary/aromatic N) is 4. The first-order valence-corrected chi connectivity index (χ1v) is 9.71. The van der Waals surface area contributed by atoms with E-state index in [-0.39, 0.29) is 17.2 Å². The van der Waals surface area contributed by atoms with Crippen molar-refractivity contribution in [1.29, 1.82) is 0 Å². The molecule has 0 spiro atoms. The Morgan fingerprint density at radius 3 is 2.46 bits per heavy atom. The van der Waals surface area contributed by atoms with Crippen LogP contribution >= 0.6 is 11.3 Å². The molecule has 0 aliphatic carbocycles. The van der Waals surface area contributed by atoms with Gasteiger partial charge in [-0.25, -0.2) is 0 Å². The number of rotatable bonds is 4. The number of thiophene rings is 1. The molecular formula is C18H24N4O3S. The molecule has 7 nitrogen and oxygen atoms in total. The van der Waals surface area contributed by atoms with Crippen molar-refractivity contribution in [2.75, 3.05) is 26.2 Å². The second-order valence-corrected chi connectivity index (χ2v) is 8.22. The van der Waals surface area contributed by atoms with Crippen LogP contribution in [0, 0.1) is 5.41 Å². The van der Waals surface area contributed by atoms with Gasteiger partial charge in [0.1, 0.15) is 0 Å². The summed E-state index contributed by atoms with van der Waals surface area (Å²) in [6, 6.07) is 1.92. The zero-order chi connectivity index (χ0) is 18.7. The number of hydrogen-bond donors (Lipinski definition) is 0. The Morgan fingerprint density at radius 1 is 1.15 bits per heavy atom. The molecule has 140 valence electrons. The quantitative estimate of drug-likeness (QED) is 0.819. The molecule has 1 fully saturated rings. The largest absolute Gasteiger partial charge is 0.421 e. The number of carbonyl (C=O) groups excluding carboxylic acids is 2. The zero-order valence-corrected chi connectivity index (χ0v) is 16.2. The van der Waals surface area contributed by atoms with Crippen LogP contribution in [0.1, 0.15) is 33.1 Å². The van der Waals surface area contributed by atoms with Crippen molar-refractivity contribution in [1.82, 2.24) is 20.0 Å². The van der Waals surface area contributed by atoms with Gasteiger partial charge >= 0.3 is 0 Å². The van der Waals surface area contributed by atoms with Crippen molar-refractivity contribution in [3.8, 4) is 11.5 Å². The fourth-order valence-electron chi connectivity index (χ4n) is 2.86. The monoisotopic (exact) mass is 376 g/mol. The van der Waals surface area contributed by atoms with E-state index >= 15 is 0 Å². The molecule has 0 bridgehead atoms. The van der Waals surface area contributed by atoms with Crippen LogP contribution in [-0.2, 0) is 16.0 Å². The van der Waals surface area contributed by atoms with Crippen LogP contribution in [-0.4, -0.2) is 58.0 Å². The third-order valence-corrected chi connectivity index (χ3v) is 5.03. The first-order chi connectivity index (χ1) is 12.3. The maximum atomic E-state index is 12.4. The molecule has 0 N–H and O–H groups in total. The van der Waals surface area contributed by atoms with E-state index in [4.69, 9.17) is 4.42 Å². The average Bonchev–Trinajstić information content (AvgIpc) is 3.29. The van der Waals surface area contributed by atoms with Gasteiger partial charge < -0.3 is 14.2 Å². The van der Waals surface area contributed by atoms with Gasteiger partial charge in [-0.15, -0.1) is 10.2 Å². The summed E-state index contributed by atoms with van der Waals surface area (Å²) in [6.45, 7) is 8.08. The summed E-state index contributed by atoms with van der Waals surface area (Å²) in [7, 11) is 0. The highest BCUT2D eigenvalue weighted by atomic mass is 32.1. The Morgan fingerprint density at radius 2 is 1.85 bits per heavy atom. The molecule has 1 saturated heterocycles. The highest BCUT2D eigenvalue weighted by Gasteiger charge is 2.30. The standard InChI is InChI=1S/C18H24N4O3S/c1-18(2,3)17(24)22-9-7-21(8-10-22)15(23)5-4-14-19-20-16(25-14)13-6-11-26-12-13/h6,11-12H,4-5,7-10H2,1-3H3. The number of hydrogen-bond acceptors (Lipinski definition) is 6. The molecule has 3 rings (SSSR count). The van der Waals surface area contributed by atoms with E-state index in [0.29, 0.717) is 50.8 Å². The minimum atomic E-state index is -0.385. The lowest BCUT2D eigenvalue weighted by atomic mass is 9.94. The first kappa shape index (κ1) is 18.6. The highest BCUT2D eigenvalue weighted by molar-refractivity contribution is 7.08. The first-order valence-electron chi connectivity index (χ1n) is 8.77. The molecule has 2 amide bonds. The van der Waals surface area contributed by atoms with Gasteiger partial charge in [-0.05, 0) is 11.4 Å². The summed E-state index contributed by atoms with van der Waals surface area (Å²) >= 11 is 1.57. The van der Waals surface area contributed by atoms with E-state index in [1.165, 1.54) is 0 Å². The summed E-state index contributed by atoms with van der Waals surface area (Å²) in [6.07, 6.45) is 0.760. The molecule has 0 radical (unpaired) electrons. The lowest BCUT2D eigenvalue weighted by Crippen LogP contribution is -2.53. The van der Waals surface area contributed by atoms with E-state index < -0.39 is 0 Å². The summed E-state index contributed by atoms with van der Waals surface area (Å²) in [5.41, 5.74) is 0.518. The molecule has 8 heteroatoms.